The van der Waals surface area contributed by atoms with E-state index in [0.29, 0.717) is 11.4 Å². The van der Waals surface area contributed by atoms with Gasteiger partial charge in [0.15, 0.2) is 5.60 Å². The Hall–Kier alpha value is -3.44. The Morgan fingerprint density at radius 3 is 1.82 bits per heavy atom. The van der Waals surface area contributed by atoms with Crippen molar-refractivity contribution in [3.05, 3.63) is 33.8 Å². The normalized spacial score (nSPS) is 11.0. The third-order valence-electron chi connectivity index (χ3n) is 4.21. The van der Waals surface area contributed by atoms with Gasteiger partial charge in [-0.05, 0) is 30.5 Å². The minimum Gasteiger partial charge on any atom is -0.481 e. The first-order chi connectivity index (χ1) is 17.9. The van der Waals surface area contributed by atoms with Crippen molar-refractivity contribution in [2.45, 2.75) is 44.8 Å². The monoisotopic (exact) mass is 597 g/mol. The van der Waals surface area contributed by atoms with Crippen LogP contribution in [0.3, 0.4) is 0 Å². The van der Waals surface area contributed by atoms with Crippen molar-refractivity contribution >= 4 is 66.6 Å². The fourth-order valence-corrected chi connectivity index (χ4v) is 2.96. The number of halogens is 2. The van der Waals surface area contributed by atoms with Gasteiger partial charge in [-0.1, -0.05) is 37.0 Å². The van der Waals surface area contributed by atoms with Gasteiger partial charge in [-0.25, -0.2) is 9.59 Å². The van der Waals surface area contributed by atoms with Gasteiger partial charge in [0, 0.05) is 5.02 Å². The van der Waals surface area contributed by atoms with Crippen LogP contribution in [-0.4, -0.2) is 97.1 Å². The summed E-state index contributed by atoms with van der Waals surface area (Å²) in [7, 11) is 0. The van der Waals surface area contributed by atoms with Crippen molar-refractivity contribution in [2.75, 3.05) is 6.54 Å². The van der Waals surface area contributed by atoms with Crippen molar-refractivity contribution in [1.29, 1.82) is 0 Å². The lowest BCUT2D eigenvalue weighted by atomic mass is 9.96. The SMILES string of the molecule is CC(C)CC(NC(=O)CNC(=O)c1cc(Cl)ccc1Cl)C(=O)O.O=C(O)CC(O)(CC(=O)O)C(=O)O.O[B]O. The molecule has 0 spiro atoms. The van der Waals surface area contributed by atoms with E-state index in [1.165, 1.54) is 18.2 Å². The first-order valence-corrected chi connectivity index (χ1v) is 11.4. The number of hydrogen-bond donors (Lipinski definition) is 9. The zero-order chi connectivity index (χ0) is 30.9. The summed E-state index contributed by atoms with van der Waals surface area (Å²) in [5, 5.41) is 62.2. The third kappa shape index (κ3) is 16.9. The lowest BCUT2D eigenvalue weighted by molar-refractivity contribution is -0.170. The van der Waals surface area contributed by atoms with E-state index in [4.69, 9.17) is 58.8 Å². The van der Waals surface area contributed by atoms with Crippen molar-refractivity contribution in [3.63, 3.8) is 0 Å². The molecule has 1 aromatic rings. The summed E-state index contributed by atoms with van der Waals surface area (Å²) >= 11 is 11.7. The Morgan fingerprint density at radius 2 is 1.44 bits per heavy atom. The maximum atomic E-state index is 12.0. The fraction of sp³-hybridized carbons (Fsp3) is 0.429. The average Bonchev–Trinajstić information content (AvgIpc) is 2.78. The summed E-state index contributed by atoms with van der Waals surface area (Å²) in [5.41, 5.74) is -2.60. The Bertz CT molecular complexity index is 1010. The number of carboxylic acids is 4. The van der Waals surface area contributed by atoms with Gasteiger partial charge in [-0.2, -0.15) is 0 Å². The highest BCUT2D eigenvalue weighted by molar-refractivity contribution is 6.35. The molecule has 2 amide bonds. The number of hydrogen-bond acceptors (Lipinski definition) is 9. The maximum absolute atomic E-state index is 12.0. The molecule has 0 aliphatic heterocycles. The lowest BCUT2D eigenvalue weighted by Crippen LogP contribution is -2.46. The van der Waals surface area contributed by atoms with Crippen molar-refractivity contribution in [2.24, 2.45) is 5.92 Å². The van der Waals surface area contributed by atoms with E-state index in [1.807, 2.05) is 13.8 Å². The number of carbonyl (C=O) groups is 6. The second-order valence-electron chi connectivity index (χ2n) is 7.99. The van der Waals surface area contributed by atoms with Crippen LogP contribution in [0.2, 0.25) is 10.0 Å². The number of nitrogens with one attached hydrogen (secondary N) is 2. The van der Waals surface area contributed by atoms with Gasteiger partial charge in [-0.15, -0.1) is 0 Å². The molecule has 0 saturated heterocycles. The van der Waals surface area contributed by atoms with Crippen LogP contribution in [-0.2, 0) is 24.0 Å². The number of rotatable bonds is 12. The summed E-state index contributed by atoms with van der Waals surface area (Å²) < 4.78 is 0. The molecule has 1 aromatic carbocycles. The van der Waals surface area contributed by atoms with Gasteiger partial charge in [0.2, 0.25) is 5.91 Å². The molecule has 1 atom stereocenters. The van der Waals surface area contributed by atoms with Crippen LogP contribution in [0.15, 0.2) is 18.2 Å². The van der Waals surface area contributed by atoms with Crippen LogP contribution in [0.25, 0.3) is 0 Å². The zero-order valence-electron chi connectivity index (χ0n) is 20.6. The van der Waals surface area contributed by atoms with Crippen LogP contribution in [0.5, 0.6) is 0 Å². The van der Waals surface area contributed by atoms with Crippen molar-refractivity contribution < 1.29 is 64.3 Å². The van der Waals surface area contributed by atoms with Gasteiger partial charge in [0.25, 0.3) is 5.91 Å². The highest BCUT2D eigenvalue weighted by atomic mass is 35.5. The maximum Gasteiger partial charge on any atom is 0.482 e. The predicted molar refractivity (Wildman–Crippen MR) is 135 cm³/mol. The standard InChI is InChI=1S/C15H18Cl2N2O4.C6H8O7.BH2O2/c1-8(2)5-12(15(22)23)19-13(20)7-18-14(21)10-6-9(16)3-4-11(10)17;7-3(8)1-6(13,5(11)12)2-4(9)10;2-1-3/h3-4,6,8,12H,5,7H2,1-2H3,(H,18,21)(H,19,20)(H,22,23);13H,1-2H2,(H,7,8)(H,9,10)(H,11,12);2-3H. The molecule has 0 aromatic heterocycles. The number of carbonyl (C=O) groups excluding carboxylic acids is 2. The first kappa shape index (κ1) is 37.7. The van der Waals surface area contributed by atoms with Crippen LogP contribution in [0, 0.1) is 5.92 Å². The number of aliphatic carboxylic acids is 4. The minimum atomic E-state index is -2.74. The van der Waals surface area contributed by atoms with E-state index in [9.17, 15) is 28.8 Å². The minimum absolute atomic E-state index is 0. The second-order valence-corrected chi connectivity index (χ2v) is 8.83. The Balaban J connectivity index is 0. The molecular formula is C21H28BCl2N2O13. The van der Waals surface area contributed by atoms with E-state index >= 15 is 0 Å². The van der Waals surface area contributed by atoms with Gasteiger partial charge in [0.05, 0.1) is 30.0 Å². The summed E-state index contributed by atoms with van der Waals surface area (Å²) in [4.78, 5) is 65.3. The Morgan fingerprint density at radius 1 is 0.949 bits per heavy atom. The van der Waals surface area contributed by atoms with E-state index in [-0.39, 0.29) is 30.7 Å². The van der Waals surface area contributed by atoms with Gasteiger partial charge >= 0.3 is 31.6 Å². The van der Waals surface area contributed by atoms with E-state index in [2.05, 4.69) is 10.6 Å². The number of carboxylic acid groups (broad SMARTS) is 4. The van der Waals surface area contributed by atoms with Gasteiger partial charge in [0.1, 0.15) is 6.04 Å². The molecular weight excluding hydrogens is 570 g/mol. The largest absolute Gasteiger partial charge is 0.482 e. The Kier molecular flexibility index (Phi) is 18.1. The molecule has 15 nitrogen and oxygen atoms in total. The molecule has 1 rings (SSSR count). The van der Waals surface area contributed by atoms with Crippen LogP contribution in [0.4, 0.5) is 0 Å². The molecule has 39 heavy (non-hydrogen) atoms. The number of benzene rings is 1. The molecule has 0 aliphatic carbocycles. The molecule has 0 bridgehead atoms. The van der Waals surface area contributed by atoms with Crippen LogP contribution >= 0.6 is 23.2 Å². The molecule has 0 saturated carbocycles. The molecule has 0 heterocycles. The van der Waals surface area contributed by atoms with Gasteiger partial charge in [-0.3, -0.25) is 19.2 Å². The van der Waals surface area contributed by atoms with Crippen LogP contribution < -0.4 is 10.6 Å². The molecule has 18 heteroatoms. The van der Waals surface area contributed by atoms with Crippen LogP contribution in [0.1, 0.15) is 43.5 Å². The third-order valence-corrected chi connectivity index (χ3v) is 4.77. The summed E-state index contributed by atoms with van der Waals surface area (Å²) in [6.45, 7) is 3.35. The lowest BCUT2D eigenvalue weighted by Gasteiger charge is -2.18. The van der Waals surface area contributed by atoms with E-state index in [0.717, 1.165) is 0 Å². The average molecular weight is 598 g/mol. The zero-order valence-corrected chi connectivity index (χ0v) is 22.1. The highest BCUT2D eigenvalue weighted by Gasteiger charge is 2.40. The topological polar surface area (TPSA) is 268 Å². The number of amides is 2. The smallest absolute Gasteiger partial charge is 0.481 e. The molecule has 1 radical (unpaired) electrons. The quantitative estimate of drug-likeness (QED) is 0.139. The number of aliphatic hydroxyl groups is 1. The molecule has 0 fully saturated rings. The molecule has 0 aliphatic rings. The van der Waals surface area contributed by atoms with E-state index < -0.39 is 60.2 Å². The summed E-state index contributed by atoms with van der Waals surface area (Å²) in [6, 6.07) is 3.41. The second kappa shape index (κ2) is 18.8. The van der Waals surface area contributed by atoms with E-state index in [1.54, 1.807) is 0 Å². The molecule has 1 unspecified atom stereocenters. The summed E-state index contributed by atoms with van der Waals surface area (Å²) in [6.07, 6.45) is -1.99. The molecule has 9 N–H and O–H groups in total. The van der Waals surface area contributed by atoms with Crippen molar-refractivity contribution in [1.82, 2.24) is 10.6 Å². The predicted octanol–water partition coefficient (Wildman–Crippen LogP) is -0.405. The highest BCUT2D eigenvalue weighted by Crippen LogP contribution is 2.20. The fourth-order valence-electron chi connectivity index (χ4n) is 2.58. The molecule has 217 valence electrons. The first-order valence-electron chi connectivity index (χ1n) is 10.6. The van der Waals surface area contributed by atoms with Crippen molar-refractivity contribution in [3.8, 4) is 0 Å². The van der Waals surface area contributed by atoms with Gasteiger partial charge < -0.3 is 46.2 Å². The summed E-state index contributed by atoms with van der Waals surface area (Å²) in [5.74, 6) is -7.19. The Labute approximate surface area is 232 Å².